The smallest absolute Gasteiger partial charge is 0.117 e. The topological polar surface area (TPSA) is 24.9 Å². The van der Waals surface area contributed by atoms with Crippen molar-refractivity contribution in [1.29, 1.82) is 0 Å². The number of alkyl halides is 1. The van der Waals surface area contributed by atoms with Gasteiger partial charge in [-0.1, -0.05) is 24.3 Å². The van der Waals surface area contributed by atoms with Crippen molar-refractivity contribution < 1.29 is 4.39 Å². The van der Waals surface area contributed by atoms with E-state index < -0.39 is 5.67 Å². The van der Waals surface area contributed by atoms with Crippen molar-refractivity contribution >= 4 is 10.9 Å². The number of hydrogen-bond acceptors (Lipinski definition) is 2. The predicted molar refractivity (Wildman–Crippen MR) is 80.6 cm³/mol. The van der Waals surface area contributed by atoms with Gasteiger partial charge in [-0.15, -0.1) is 0 Å². The van der Waals surface area contributed by atoms with Gasteiger partial charge in [0.25, 0.3) is 0 Å². The van der Waals surface area contributed by atoms with Crippen LogP contribution in [0.5, 0.6) is 0 Å². The third-order valence-corrected chi connectivity index (χ3v) is 4.33. The van der Waals surface area contributed by atoms with E-state index in [1.165, 1.54) is 0 Å². The lowest BCUT2D eigenvalue weighted by atomic mass is 9.82. The van der Waals surface area contributed by atoms with Gasteiger partial charge >= 0.3 is 0 Å². The summed E-state index contributed by atoms with van der Waals surface area (Å²) in [6.45, 7) is 3.52. The van der Waals surface area contributed by atoms with Crippen LogP contribution in [0.4, 0.5) is 4.39 Å². The highest BCUT2D eigenvalue weighted by Gasteiger charge is 2.35. The zero-order valence-corrected chi connectivity index (χ0v) is 11.9. The predicted octanol–water partition coefficient (Wildman–Crippen LogP) is 3.51. The second-order valence-corrected chi connectivity index (χ2v) is 5.99. The van der Waals surface area contributed by atoms with Crippen LogP contribution in [0.2, 0.25) is 0 Å². The molecule has 3 heteroatoms. The monoisotopic (exact) mass is 272 g/mol. The standard InChI is InChI=1S/C17H21FN2/c1-17(18,14-6-4-10-19-12-14)11-15-9-8-13-5-2-3-7-16(13)20-15/h2-3,5,7-9,14,19H,4,6,10-12H2,1H3. The Kier molecular flexibility index (Phi) is 3.70. The van der Waals surface area contributed by atoms with Gasteiger partial charge in [-0.05, 0) is 38.4 Å². The molecule has 2 unspecified atom stereocenters. The lowest BCUT2D eigenvalue weighted by Gasteiger charge is -2.33. The van der Waals surface area contributed by atoms with E-state index in [4.69, 9.17) is 0 Å². The molecule has 1 aliphatic rings. The molecule has 0 amide bonds. The fraction of sp³-hybridized carbons (Fsp3) is 0.471. The number of pyridine rings is 1. The van der Waals surface area contributed by atoms with Crippen LogP contribution < -0.4 is 5.32 Å². The lowest BCUT2D eigenvalue weighted by Crippen LogP contribution is -2.42. The largest absolute Gasteiger partial charge is 0.316 e. The van der Waals surface area contributed by atoms with Crippen LogP contribution in [-0.2, 0) is 6.42 Å². The molecule has 1 saturated heterocycles. The van der Waals surface area contributed by atoms with E-state index in [1.54, 1.807) is 6.92 Å². The van der Waals surface area contributed by atoms with E-state index in [9.17, 15) is 4.39 Å². The van der Waals surface area contributed by atoms with Crippen LogP contribution in [0.15, 0.2) is 36.4 Å². The fourth-order valence-electron chi connectivity index (χ4n) is 3.07. The van der Waals surface area contributed by atoms with Gasteiger partial charge in [0.05, 0.1) is 5.52 Å². The van der Waals surface area contributed by atoms with Crippen molar-refractivity contribution in [2.24, 2.45) is 5.92 Å². The summed E-state index contributed by atoms with van der Waals surface area (Å²) in [6.07, 6.45) is 2.42. The highest BCUT2D eigenvalue weighted by atomic mass is 19.1. The number of hydrogen-bond donors (Lipinski definition) is 1. The molecule has 2 aromatic rings. The summed E-state index contributed by atoms with van der Waals surface area (Å²) >= 11 is 0. The number of rotatable bonds is 3. The number of halogens is 1. The molecule has 1 aromatic carbocycles. The molecule has 0 radical (unpaired) electrons. The van der Waals surface area contributed by atoms with E-state index >= 15 is 0 Å². The van der Waals surface area contributed by atoms with E-state index in [0.29, 0.717) is 6.42 Å². The van der Waals surface area contributed by atoms with Crippen molar-refractivity contribution in [1.82, 2.24) is 10.3 Å². The molecular weight excluding hydrogens is 251 g/mol. The molecule has 2 nitrogen and oxygen atoms in total. The Morgan fingerprint density at radius 1 is 1.30 bits per heavy atom. The second-order valence-electron chi connectivity index (χ2n) is 5.99. The normalized spacial score (nSPS) is 22.6. The number of fused-ring (bicyclic) bond motifs is 1. The number of benzene rings is 1. The van der Waals surface area contributed by atoms with Gasteiger partial charge < -0.3 is 5.32 Å². The van der Waals surface area contributed by atoms with E-state index in [0.717, 1.165) is 42.5 Å². The molecule has 0 saturated carbocycles. The van der Waals surface area contributed by atoms with Crippen LogP contribution in [0.1, 0.15) is 25.5 Å². The van der Waals surface area contributed by atoms with Crippen molar-refractivity contribution in [3.05, 3.63) is 42.1 Å². The molecule has 0 spiro atoms. The van der Waals surface area contributed by atoms with Gasteiger partial charge in [-0.3, -0.25) is 4.98 Å². The van der Waals surface area contributed by atoms with Gasteiger partial charge in [-0.2, -0.15) is 0 Å². The molecule has 106 valence electrons. The molecular formula is C17H21FN2. The Morgan fingerprint density at radius 3 is 2.95 bits per heavy atom. The summed E-state index contributed by atoms with van der Waals surface area (Å²) in [4.78, 5) is 4.59. The van der Waals surface area contributed by atoms with Gasteiger partial charge in [0.15, 0.2) is 0 Å². The van der Waals surface area contributed by atoms with Crippen LogP contribution in [0, 0.1) is 5.92 Å². The van der Waals surface area contributed by atoms with Crippen molar-refractivity contribution in [2.45, 2.75) is 31.9 Å². The Bertz CT molecular complexity index is 588. The molecule has 0 aliphatic carbocycles. The zero-order valence-electron chi connectivity index (χ0n) is 11.9. The van der Waals surface area contributed by atoms with Crippen molar-refractivity contribution in [3.8, 4) is 0 Å². The van der Waals surface area contributed by atoms with E-state index in [1.807, 2.05) is 36.4 Å². The molecule has 2 atom stereocenters. The molecule has 1 fully saturated rings. The molecule has 20 heavy (non-hydrogen) atoms. The quantitative estimate of drug-likeness (QED) is 0.925. The summed E-state index contributed by atoms with van der Waals surface area (Å²) < 4.78 is 15.0. The van der Waals surface area contributed by atoms with E-state index in [-0.39, 0.29) is 5.92 Å². The van der Waals surface area contributed by atoms with Gasteiger partial charge in [0.1, 0.15) is 5.67 Å². The average Bonchev–Trinajstić information content (AvgIpc) is 2.48. The maximum atomic E-state index is 15.0. The summed E-state index contributed by atoms with van der Waals surface area (Å²) in [5.74, 6) is 0.0875. The van der Waals surface area contributed by atoms with Crippen LogP contribution in [0.25, 0.3) is 10.9 Å². The second kappa shape index (κ2) is 5.49. The highest BCUT2D eigenvalue weighted by Crippen LogP contribution is 2.31. The van der Waals surface area contributed by atoms with Crippen molar-refractivity contribution in [3.63, 3.8) is 0 Å². The number of aromatic nitrogens is 1. The summed E-state index contributed by atoms with van der Waals surface area (Å²) in [5.41, 5.74) is 0.602. The fourth-order valence-corrected chi connectivity index (χ4v) is 3.07. The molecule has 0 bridgehead atoms. The minimum Gasteiger partial charge on any atom is -0.316 e. The molecule has 3 rings (SSSR count). The Hall–Kier alpha value is -1.48. The first-order valence-corrected chi connectivity index (χ1v) is 7.39. The minimum absolute atomic E-state index is 0.0875. The van der Waals surface area contributed by atoms with Gasteiger partial charge in [0, 0.05) is 30.0 Å². The maximum Gasteiger partial charge on any atom is 0.117 e. The molecule has 2 heterocycles. The highest BCUT2D eigenvalue weighted by molar-refractivity contribution is 5.78. The third-order valence-electron chi connectivity index (χ3n) is 4.33. The first-order valence-electron chi connectivity index (χ1n) is 7.39. The number of piperidine rings is 1. The molecule has 1 N–H and O–H groups in total. The van der Waals surface area contributed by atoms with Crippen molar-refractivity contribution in [2.75, 3.05) is 13.1 Å². The average molecular weight is 272 g/mol. The first-order chi connectivity index (χ1) is 9.65. The summed E-state index contributed by atoms with van der Waals surface area (Å²) in [7, 11) is 0. The molecule has 1 aliphatic heterocycles. The number of nitrogens with one attached hydrogen (secondary N) is 1. The van der Waals surface area contributed by atoms with Gasteiger partial charge in [0.2, 0.25) is 0 Å². The summed E-state index contributed by atoms with van der Waals surface area (Å²) in [6, 6.07) is 12.0. The van der Waals surface area contributed by atoms with Crippen LogP contribution in [0.3, 0.4) is 0 Å². The molecule has 1 aromatic heterocycles. The zero-order chi connectivity index (χ0) is 14.0. The van der Waals surface area contributed by atoms with E-state index in [2.05, 4.69) is 10.3 Å². The SMILES string of the molecule is CC(F)(Cc1ccc2ccccc2n1)C1CCCNC1. The number of nitrogens with zero attached hydrogens (tertiary/aromatic N) is 1. The van der Waals surface area contributed by atoms with Crippen LogP contribution in [-0.4, -0.2) is 23.7 Å². The minimum atomic E-state index is -1.19. The number of para-hydroxylation sites is 1. The van der Waals surface area contributed by atoms with Crippen LogP contribution >= 0.6 is 0 Å². The Balaban J connectivity index is 1.80. The lowest BCUT2D eigenvalue weighted by molar-refractivity contribution is 0.0824. The third kappa shape index (κ3) is 2.83. The summed E-state index contributed by atoms with van der Waals surface area (Å²) in [5, 5.41) is 4.40. The Labute approximate surface area is 119 Å². The van der Waals surface area contributed by atoms with Gasteiger partial charge in [-0.25, -0.2) is 4.39 Å². The maximum absolute atomic E-state index is 15.0. The first kappa shape index (κ1) is 13.5. The Morgan fingerprint density at radius 2 is 2.15 bits per heavy atom.